The van der Waals surface area contributed by atoms with Gasteiger partial charge in [0.1, 0.15) is 17.5 Å². The van der Waals surface area contributed by atoms with Crippen LogP contribution in [0.3, 0.4) is 0 Å². The molecule has 20 heavy (non-hydrogen) atoms. The van der Waals surface area contributed by atoms with Crippen molar-refractivity contribution >= 4 is 15.9 Å². The van der Waals surface area contributed by atoms with E-state index in [9.17, 15) is 4.39 Å². The molecule has 0 bridgehead atoms. The molecule has 6 heteroatoms. The highest BCUT2D eigenvalue weighted by atomic mass is 79.9. The van der Waals surface area contributed by atoms with E-state index in [0.29, 0.717) is 12.1 Å². The third-order valence-corrected chi connectivity index (χ3v) is 4.13. The number of halogens is 2. The van der Waals surface area contributed by atoms with E-state index in [1.54, 1.807) is 6.07 Å². The van der Waals surface area contributed by atoms with Crippen LogP contribution < -0.4 is 5.32 Å². The van der Waals surface area contributed by atoms with Crippen molar-refractivity contribution in [3.05, 3.63) is 45.7 Å². The minimum Gasteiger partial charge on any atom is -0.314 e. The lowest BCUT2D eigenvalue weighted by Crippen LogP contribution is -2.22. The number of nitrogens with zero attached hydrogens (tertiary/aromatic N) is 3. The van der Waals surface area contributed by atoms with Crippen molar-refractivity contribution in [1.29, 1.82) is 0 Å². The molecule has 1 atom stereocenters. The van der Waals surface area contributed by atoms with Gasteiger partial charge in [0.2, 0.25) is 0 Å². The van der Waals surface area contributed by atoms with E-state index in [0.717, 1.165) is 35.5 Å². The van der Waals surface area contributed by atoms with Gasteiger partial charge in [-0.25, -0.2) is 4.39 Å². The van der Waals surface area contributed by atoms with E-state index in [4.69, 9.17) is 0 Å². The van der Waals surface area contributed by atoms with Crippen LogP contribution in [0.15, 0.2) is 22.7 Å². The Balaban J connectivity index is 1.68. The molecule has 0 fully saturated rings. The third kappa shape index (κ3) is 2.62. The maximum Gasteiger partial charge on any atom is 0.149 e. The zero-order chi connectivity index (χ0) is 14.1. The van der Waals surface area contributed by atoms with Gasteiger partial charge >= 0.3 is 0 Å². The second kappa shape index (κ2) is 5.61. The summed E-state index contributed by atoms with van der Waals surface area (Å²) in [6.07, 6.45) is 2.13. The first kappa shape index (κ1) is 13.7. The van der Waals surface area contributed by atoms with Crippen LogP contribution in [0.5, 0.6) is 0 Å². The molecule has 106 valence electrons. The van der Waals surface area contributed by atoms with Crippen molar-refractivity contribution in [1.82, 2.24) is 20.1 Å². The summed E-state index contributed by atoms with van der Waals surface area (Å²) in [5.41, 5.74) is 0.654. The first-order valence-corrected chi connectivity index (χ1v) is 7.54. The van der Waals surface area contributed by atoms with E-state index in [-0.39, 0.29) is 11.9 Å². The van der Waals surface area contributed by atoms with Crippen molar-refractivity contribution in [2.45, 2.75) is 38.9 Å². The van der Waals surface area contributed by atoms with Crippen molar-refractivity contribution in [3.8, 4) is 0 Å². The number of aryl methyl sites for hydroxylation is 1. The molecule has 0 radical (unpaired) electrons. The van der Waals surface area contributed by atoms with Crippen molar-refractivity contribution in [3.63, 3.8) is 0 Å². The van der Waals surface area contributed by atoms with Crippen molar-refractivity contribution in [2.24, 2.45) is 0 Å². The van der Waals surface area contributed by atoms with Crippen LogP contribution in [0.1, 0.15) is 36.6 Å². The summed E-state index contributed by atoms with van der Waals surface area (Å²) in [6, 6.07) is 5.17. The quantitative estimate of drug-likeness (QED) is 0.931. The number of aromatic nitrogens is 3. The molecule has 1 aromatic carbocycles. The van der Waals surface area contributed by atoms with Gasteiger partial charge in [0.25, 0.3) is 0 Å². The first-order chi connectivity index (χ1) is 9.65. The summed E-state index contributed by atoms with van der Waals surface area (Å²) >= 11 is 3.26. The zero-order valence-electron chi connectivity index (χ0n) is 11.2. The standard InChI is InChI=1S/C14H16BrFN4/c1-9(14-19-18-13-3-2-6-20(13)14)17-8-10-4-5-11(15)7-12(10)16/h4-5,7,9,17H,2-3,6,8H2,1H3. The molecule has 0 saturated heterocycles. The predicted octanol–water partition coefficient (Wildman–Crippen LogP) is 2.98. The highest BCUT2D eigenvalue weighted by Crippen LogP contribution is 2.20. The lowest BCUT2D eigenvalue weighted by molar-refractivity contribution is 0.503. The van der Waals surface area contributed by atoms with E-state index >= 15 is 0 Å². The molecule has 1 unspecified atom stereocenters. The largest absolute Gasteiger partial charge is 0.314 e. The highest BCUT2D eigenvalue weighted by molar-refractivity contribution is 9.10. The SMILES string of the molecule is CC(NCc1ccc(Br)cc1F)c1nnc2n1CCC2. The topological polar surface area (TPSA) is 42.7 Å². The van der Waals surface area contributed by atoms with Gasteiger partial charge in [-0.1, -0.05) is 22.0 Å². The number of fused-ring (bicyclic) bond motifs is 1. The summed E-state index contributed by atoms with van der Waals surface area (Å²) in [6.45, 7) is 3.49. The lowest BCUT2D eigenvalue weighted by atomic mass is 10.2. The summed E-state index contributed by atoms with van der Waals surface area (Å²) in [7, 11) is 0. The molecule has 1 aromatic heterocycles. The molecule has 0 aliphatic carbocycles. The summed E-state index contributed by atoms with van der Waals surface area (Å²) in [5.74, 6) is 1.80. The highest BCUT2D eigenvalue weighted by Gasteiger charge is 2.21. The van der Waals surface area contributed by atoms with Crippen LogP contribution in [-0.4, -0.2) is 14.8 Å². The maximum atomic E-state index is 13.8. The summed E-state index contributed by atoms with van der Waals surface area (Å²) < 4.78 is 16.7. The normalized spacial score (nSPS) is 15.3. The van der Waals surface area contributed by atoms with E-state index < -0.39 is 0 Å². The molecule has 4 nitrogen and oxygen atoms in total. The fraction of sp³-hybridized carbons (Fsp3) is 0.429. The average molecular weight is 339 g/mol. The molecule has 2 aromatic rings. The Morgan fingerprint density at radius 2 is 2.30 bits per heavy atom. The molecule has 2 heterocycles. The van der Waals surface area contributed by atoms with Crippen LogP contribution in [0, 0.1) is 5.82 Å². The Morgan fingerprint density at radius 1 is 1.45 bits per heavy atom. The molecule has 1 aliphatic rings. The Morgan fingerprint density at radius 3 is 3.10 bits per heavy atom. The number of benzene rings is 1. The van der Waals surface area contributed by atoms with Crippen LogP contribution in [0.2, 0.25) is 0 Å². The minimum absolute atomic E-state index is 0.0531. The number of hydrogen-bond acceptors (Lipinski definition) is 3. The summed E-state index contributed by atoms with van der Waals surface area (Å²) in [5, 5.41) is 11.7. The minimum atomic E-state index is -0.203. The van der Waals surface area contributed by atoms with Gasteiger partial charge in [0.05, 0.1) is 6.04 Å². The van der Waals surface area contributed by atoms with E-state index in [1.807, 2.05) is 13.0 Å². The monoisotopic (exact) mass is 338 g/mol. The molecular formula is C14H16BrFN4. The van der Waals surface area contributed by atoms with Gasteiger partial charge < -0.3 is 9.88 Å². The van der Waals surface area contributed by atoms with Gasteiger partial charge in [0.15, 0.2) is 0 Å². The molecule has 1 aliphatic heterocycles. The van der Waals surface area contributed by atoms with Crippen LogP contribution in [0.4, 0.5) is 4.39 Å². The Kier molecular flexibility index (Phi) is 3.85. The molecular weight excluding hydrogens is 323 g/mol. The van der Waals surface area contributed by atoms with Gasteiger partial charge in [0, 0.05) is 29.5 Å². The average Bonchev–Trinajstić information content (AvgIpc) is 2.99. The molecule has 1 N–H and O–H groups in total. The number of rotatable bonds is 4. The maximum absolute atomic E-state index is 13.8. The second-order valence-corrected chi connectivity index (χ2v) is 5.98. The van der Waals surface area contributed by atoms with Gasteiger partial charge in [-0.05, 0) is 25.5 Å². The second-order valence-electron chi connectivity index (χ2n) is 5.07. The first-order valence-electron chi connectivity index (χ1n) is 6.74. The Bertz CT molecular complexity index is 626. The zero-order valence-corrected chi connectivity index (χ0v) is 12.8. The third-order valence-electron chi connectivity index (χ3n) is 3.64. The number of hydrogen-bond donors (Lipinski definition) is 1. The Hall–Kier alpha value is -1.27. The van der Waals surface area contributed by atoms with Crippen LogP contribution in [0.25, 0.3) is 0 Å². The molecule has 0 spiro atoms. The molecule has 0 amide bonds. The summed E-state index contributed by atoms with van der Waals surface area (Å²) in [4.78, 5) is 0. The van der Waals surface area contributed by atoms with Crippen LogP contribution in [-0.2, 0) is 19.5 Å². The smallest absolute Gasteiger partial charge is 0.149 e. The van der Waals surface area contributed by atoms with Crippen molar-refractivity contribution in [2.75, 3.05) is 0 Å². The predicted molar refractivity (Wildman–Crippen MR) is 77.7 cm³/mol. The van der Waals surface area contributed by atoms with Crippen molar-refractivity contribution < 1.29 is 4.39 Å². The molecule has 0 saturated carbocycles. The van der Waals surface area contributed by atoms with Gasteiger partial charge in [-0.2, -0.15) is 0 Å². The van der Waals surface area contributed by atoms with E-state index in [2.05, 4.69) is 36.0 Å². The Labute approximate surface area is 125 Å². The number of nitrogens with one attached hydrogen (secondary N) is 1. The lowest BCUT2D eigenvalue weighted by Gasteiger charge is -2.14. The fourth-order valence-electron chi connectivity index (χ4n) is 2.51. The van der Waals surface area contributed by atoms with E-state index in [1.165, 1.54) is 6.07 Å². The molecule has 3 rings (SSSR count). The fourth-order valence-corrected chi connectivity index (χ4v) is 2.85. The van der Waals surface area contributed by atoms with Gasteiger partial charge in [-0.3, -0.25) is 0 Å². The van der Waals surface area contributed by atoms with Gasteiger partial charge in [-0.15, -0.1) is 10.2 Å². The van der Waals surface area contributed by atoms with Crippen LogP contribution >= 0.6 is 15.9 Å².